The van der Waals surface area contributed by atoms with Crippen molar-refractivity contribution in [2.24, 2.45) is 0 Å². The van der Waals surface area contributed by atoms with E-state index >= 15 is 0 Å². The topological polar surface area (TPSA) is 93.4 Å². The van der Waals surface area contributed by atoms with Crippen molar-refractivity contribution >= 4 is 27.5 Å². The number of benzene rings is 1. The highest BCUT2D eigenvalue weighted by Gasteiger charge is 2.38. The fourth-order valence-corrected chi connectivity index (χ4v) is 6.76. The number of carbonyl (C=O) groups excluding carboxylic acids is 1. The third kappa shape index (κ3) is 5.43. The van der Waals surface area contributed by atoms with Gasteiger partial charge in [-0.15, -0.1) is 10.2 Å². The molecular formula is C21H27N3O4S2. The maximum atomic E-state index is 13.1. The lowest BCUT2D eigenvalue weighted by molar-refractivity contribution is -0.133. The summed E-state index contributed by atoms with van der Waals surface area (Å²) in [6.07, 6.45) is 6.36. The summed E-state index contributed by atoms with van der Waals surface area (Å²) in [6.45, 7) is 0. The molecule has 30 heavy (non-hydrogen) atoms. The first kappa shape index (κ1) is 21.4. The van der Waals surface area contributed by atoms with Crippen LogP contribution in [0.4, 0.5) is 0 Å². The molecule has 1 saturated carbocycles. The first-order valence-electron chi connectivity index (χ1n) is 10.5. The third-order valence-electron chi connectivity index (χ3n) is 5.82. The number of amides is 1. The first-order valence-corrected chi connectivity index (χ1v) is 13.3. The minimum Gasteiger partial charge on any atom is -0.416 e. The van der Waals surface area contributed by atoms with Crippen LogP contribution >= 0.6 is 11.8 Å². The molecule has 7 nitrogen and oxygen atoms in total. The number of hydrogen-bond acceptors (Lipinski definition) is 7. The van der Waals surface area contributed by atoms with Gasteiger partial charge in [-0.25, -0.2) is 8.42 Å². The maximum absolute atomic E-state index is 13.1. The average molecular weight is 450 g/mol. The molecule has 1 saturated heterocycles. The van der Waals surface area contributed by atoms with E-state index in [0.717, 1.165) is 31.2 Å². The summed E-state index contributed by atoms with van der Waals surface area (Å²) >= 11 is 1.23. The van der Waals surface area contributed by atoms with Gasteiger partial charge in [0.25, 0.3) is 5.22 Å². The number of thioether (sulfide) groups is 1. The van der Waals surface area contributed by atoms with Crippen molar-refractivity contribution in [1.82, 2.24) is 15.1 Å². The minimum absolute atomic E-state index is 0.0307. The zero-order valence-corrected chi connectivity index (χ0v) is 18.5. The summed E-state index contributed by atoms with van der Waals surface area (Å²) < 4.78 is 29.7. The van der Waals surface area contributed by atoms with Gasteiger partial charge in [0.2, 0.25) is 11.8 Å². The Kier molecular flexibility index (Phi) is 6.77. The Hall–Kier alpha value is -1.87. The molecule has 1 aliphatic carbocycles. The monoisotopic (exact) mass is 449 g/mol. The molecule has 2 fully saturated rings. The highest BCUT2D eigenvalue weighted by atomic mass is 32.2. The molecule has 0 N–H and O–H groups in total. The minimum atomic E-state index is -3.05. The zero-order chi connectivity index (χ0) is 21.0. The quantitative estimate of drug-likeness (QED) is 0.600. The van der Waals surface area contributed by atoms with Gasteiger partial charge in [-0.1, -0.05) is 61.4 Å². The molecule has 2 aromatic rings. The molecule has 9 heteroatoms. The molecule has 0 unspecified atom stereocenters. The van der Waals surface area contributed by atoms with E-state index in [1.54, 1.807) is 0 Å². The van der Waals surface area contributed by atoms with Crippen LogP contribution in [-0.2, 0) is 21.1 Å². The van der Waals surface area contributed by atoms with Gasteiger partial charge < -0.3 is 9.32 Å². The number of aromatic nitrogens is 2. The van der Waals surface area contributed by atoms with E-state index in [4.69, 9.17) is 4.42 Å². The van der Waals surface area contributed by atoms with Gasteiger partial charge in [-0.05, 0) is 24.8 Å². The Bertz CT molecular complexity index is 956. The molecule has 0 spiro atoms. The van der Waals surface area contributed by atoms with E-state index in [2.05, 4.69) is 10.2 Å². The molecule has 1 atom stereocenters. The number of rotatable bonds is 7. The van der Waals surface area contributed by atoms with E-state index < -0.39 is 9.84 Å². The summed E-state index contributed by atoms with van der Waals surface area (Å²) in [5, 5.41) is 8.51. The fraction of sp³-hybridized carbons (Fsp3) is 0.571. The van der Waals surface area contributed by atoms with Crippen molar-refractivity contribution in [3.8, 4) is 0 Å². The predicted molar refractivity (Wildman–Crippen MR) is 115 cm³/mol. The lowest BCUT2D eigenvalue weighted by atomic mass is 9.93. The van der Waals surface area contributed by atoms with Crippen LogP contribution in [0, 0.1) is 0 Å². The van der Waals surface area contributed by atoms with Gasteiger partial charge in [0.05, 0.1) is 23.7 Å². The lowest BCUT2D eigenvalue weighted by Crippen LogP contribution is -2.49. The Labute approximate surface area is 181 Å². The van der Waals surface area contributed by atoms with Gasteiger partial charge in [-0.3, -0.25) is 4.79 Å². The van der Waals surface area contributed by atoms with Crippen molar-refractivity contribution in [3.05, 3.63) is 41.8 Å². The van der Waals surface area contributed by atoms with E-state index in [1.165, 1.54) is 18.2 Å². The van der Waals surface area contributed by atoms with Gasteiger partial charge in [0.1, 0.15) is 0 Å². The van der Waals surface area contributed by atoms with Crippen molar-refractivity contribution in [1.29, 1.82) is 0 Å². The van der Waals surface area contributed by atoms with Crippen molar-refractivity contribution < 1.29 is 17.6 Å². The SMILES string of the molecule is O=C(CSc1nnc(Cc2ccccc2)o1)N(C1CCCCC1)[C@@H]1CCS(=O)(=O)C1. The van der Waals surface area contributed by atoms with Crippen molar-refractivity contribution in [2.75, 3.05) is 17.3 Å². The van der Waals surface area contributed by atoms with Gasteiger partial charge in [0, 0.05) is 12.1 Å². The Morgan fingerprint density at radius 3 is 2.53 bits per heavy atom. The average Bonchev–Trinajstić information content (AvgIpc) is 3.34. The predicted octanol–water partition coefficient (Wildman–Crippen LogP) is 3.10. The molecule has 162 valence electrons. The largest absolute Gasteiger partial charge is 0.416 e. The smallest absolute Gasteiger partial charge is 0.277 e. The van der Waals surface area contributed by atoms with Crippen LogP contribution in [0.1, 0.15) is 50.0 Å². The second-order valence-electron chi connectivity index (χ2n) is 8.06. The molecule has 2 aliphatic rings. The second-order valence-corrected chi connectivity index (χ2v) is 11.2. The Morgan fingerprint density at radius 1 is 1.07 bits per heavy atom. The number of carbonyl (C=O) groups is 1. The van der Waals surface area contributed by atoms with Gasteiger partial charge in [0.15, 0.2) is 9.84 Å². The lowest BCUT2D eigenvalue weighted by Gasteiger charge is -2.38. The van der Waals surface area contributed by atoms with Gasteiger partial charge in [-0.2, -0.15) is 0 Å². The molecule has 2 heterocycles. The molecule has 4 rings (SSSR count). The van der Waals surface area contributed by atoms with Crippen molar-refractivity contribution in [3.63, 3.8) is 0 Å². The summed E-state index contributed by atoms with van der Waals surface area (Å²) in [5.41, 5.74) is 1.08. The summed E-state index contributed by atoms with van der Waals surface area (Å²) in [6, 6.07) is 9.81. The normalized spacial score (nSPS) is 21.5. The van der Waals surface area contributed by atoms with Crippen LogP contribution in [0.15, 0.2) is 40.0 Å². The molecule has 1 aromatic heterocycles. The van der Waals surface area contributed by atoms with E-state index in [0.29, 0.717) is 24.0 Å². The summed E-state index contributed by atoms with van der Waals surface area (Å²) in [7, 11) is -3.05. The van der Waals surface area contributed by atoms with Crippen LogP contribution < -0.4 is 0 Å². The Morgan fingerprint density at radius 2 is 1.83 bits per heavy atom. The second kappa shape index (κ2) is 9.51. The molecule has 1 amide bonds. The standard InChI is InChI=1S/C21H27N3O4S2/c25-20(14-29-21-23-22-19(28-21)13-16-7-3-1-4-8-16)24(17-9-5-2-6-10-17)18-11-12-30(26,27)15-18/h1,3-4,7-8,17-18H,2,5-6,9-15H2/t18-/m1/s1. The molecule has 0 radical (unpaired) electrons. The van der Waals surface area contributed by atoms with Crippen LogP contribution in [0.3, 0.4) is 0 Å². The van der Waals surface area contributed by atoms with Crippen LogP contribution in [-0.4, -0.2) is 58.8 Å². The molecule has 1 aliphatic heterocycles. The molecular weight excluding hydrogens is 422 g/mol. The van der Waals surface area contributed by atoms with Gasteiger partial charge >= 0.3 is 0 Å². The van der Waals surface area contributed by atoms with E-state index in [1.807, 2.05) is 35.2 Å². The summed E-state index contributed by atoms with van der Waals surface area (Å²) in [4.78, 5) is 15.0. The highest BCUT2D eigenvalue weighted by molar-refractivity contribution is 7.99. The third-order valence-corrected chi connectivity index (χ3v) is 8.38. The highest BCUT2D eigenvalue weighted by Crippen LogP contribution is 2.29. The molecule has 1 aromatic carbocycles. The van der Waals surface area contributed by atoms with Crippen LogP contribution in [0.25, 0.3) is 0 Å². The number of sulfone groups is 1. The Balaban J connectivity index is 1.39. The van der Waals surface area contributed by atoms with Crippen molar-refractivity contribution in [2.45, 2.75) is 62.3 Å². The maximum Gasteiger partial charge on any atom is 0.277 e. The van der Waals surface area contributed by atoms with Crippen LogP contribution in [0.5, 0.6) is 0 Å². The summed E-state index contributed by atoms with van der Waals surface area (Å²) in [5.74, 6) is 0.925. The number of hydrogen-bond donors (Lipinski definition) is 0. The zero-order valence-electron chi connectivity index (χ0n) is 16.9. The van der Waals surface area contributed by atoms with E-state index in [9.17, 15) is 13.2 Å². The van der Waals surface area contributed by atoms with E-state index in [-0.39, 0.29) is 35.2 Å². The first-order chi connectivity index (χ1) is 14.5. The van der Waals surface area contributed by atoms with Crippen LogP contribution in [0.2, 0.25) is 0 Å². The number of nitrogens with zero attached hydrogens (tertiary/aromatic N) is 3. The fourth-order valence-electron chi connectivity index (χ4n) is 4.40. The molecule has 0 bridgehead atoms.